The smallest absolute Gasteiger partial charge is 0.462 e. The molecule has 0 bridgehead atoms. The summed E-state index contributed by atoms with van der Waals surface area (Å²) < 4.78 is 32.7. The molecule has 0 heterocycles. The molecular formula is C46H79O13P. The Kier molecular flexibility index (Phi) is 33.4. The normalized spacial score (nSPS) is 19.8. The van der Waals surface area contributed by atoms with Crippen LogP contribution in [0.15, 0.2) is 48.6 Å². The molecule has 1 saturated carbocycles. The van der Waals surface area contributed by atoms with Crippen LogP contribution in [0.25, 0.3) is 0 Å². The Bertz CT molecular complexity index is 1300. The molecule has 1 unspecified atom stereocenters. The molecular weight excluding hydrogens is 791 g/mol. The van der Waals surface area contributed by atoms with Gasteiger partial charge in [0.25, 0.3) is 0 Å². The third kappa shape index (κ3) is 29.7. The number of ketones is 1. The second kappa shape index (κ2) is 36.0. The van der Waals surface area contributed by atoms with Gasteiger partial charge in [0.2, 0.25) is 0 Å². The van der Waals surface area contributed by atoms with E-state index in [-0.39, 0.29) is 31.0 Å². The molecule has 60 heavy (non-hydrogen) atoms. The zero-order valence-corrected chi connectivity index (χ0v) is 37.5. The zero-order valence-electron chi connectivity index (χ0n) is 36.6. The van der Waals surface area contributed by atoms with Crippen LogP contribution in [0.5, 0.6) is 0 Å². The first kappa shape index (κ1) is 55.5. The van der Waals surface area contributed by atoms with E-state index in [4.69, 9.17) is 19.1 Å². The second-order valence-electron chi connectivity index (χ2n) is 15.9. The third-order valence-corrected chi connectivity index (χ3v) is 11.3. The number of carbonyl (C=O) groups is 3. The summed E-state index contributed by atoms with van der Waals surface area (Å²) >= 11 is 0. The molecule has 1 rings (SSSR count). The number of Topliss-reactive ketones (excluding diaryl/α,β-unsaturated/α-hetero) is 1. The maximum absolute atomic E-state index is 12.7. The topological polar surface area (TPSA) is 206 Å². The van der Waals surface area contributed by atoms with Crippen LogP contribution in [-0.2, 0) is 37.5 Å². The Morgan fingerprint density at radius 2 is 1.33 bits per heavy atom. The Hall–Kier alpha value is -2.48. The average molecular weight is 871 g/mol. The van der Waals surface area contributed by atoms with Crippen LogP contribution < -0.4 is 0 Å². The van der Waals surface area contributed by atoms with Gasteiger partial charge in [-0.05, 0) is 64.2 Å². The highest BCUT2D eigenvalue weighted by molar-refractivity contribution is 7.47. The number of carbonyl (C=O) groups excluding carboxylic acids is 3. The highest BCUT2D eigenvalue weighted by atomic mass is 31.2. The first-order valence-electron chi connectivity index (χ1n) is 22.7. The van der Waals surface area contributed by atoms with Gasteiger partial charge in [0.15, 0.2) is 6.10 Å². The molecule has 1 fully saturated rings. The first-order valence-corrected chi connectivity index (χ1v) is 24.2. The van der Waals surface area contributed by atoms with Crippen molar-refractivity contribution >= 4 is 25.5 Å². The van der Waals surface area contributed by atoms with Crippen LogP contribution in [0, 0.1) is 11.8 Å². The van der Waals surface area contributed by atoms with E-state index in [9.17, 15) is 39.2 Å². The summed E-state index contributed by atoms with van der Waals surface area (Å²) in [7, 11) is -4.69. The number of esters is 2. The van der Waals surface area contributed by atoms with Crippen LogP contribution in [-0.4, -0.2) is 93.9 Å². The summed E-state index contributed by atoms with van der Waals surface area (Å²) in [6.07, 6.45) is 31.5. The predicted octanol–water partition coefficient (Wildman–Crippen LogP) is 8.70. The summed E-state index contributed by atoms with van der Waals surface area (Å²) in [5.74, 6) is -1.92. The SMILES string of the molecule is CCCCC/C=C\C/C=C\CCCCCCCCCC(=O)O[C@H](COC(=O)CCC/C=C\C[C@H]1[C@@H](O)CC(=O)[C@@H]1/C=C/[C@@H](O)CCCCC)COP(=O)(O)OC[C@@H](O)CO. The maximum Gasteiger partial charge on any atom is 0.472 e. The van der Waals surface area contributed by atoms with Crippen molar-refractivity contribution in [3.63, 3.8) is 0 Å². The molecule has 0 radical (unpaired) electrons. The monoisotopic (exact) mass is 871 g/mol. The lowest BCUT2D eigenvalue weighted by Gasteiger charge is -2.20. The highest BCUT2D eigenvalue weighted by Gasteiger charge is 2.39. The minimum Gasteiger partial charge on any atom is -0.462 e. The maximum atomic E-state index is 12.7. The number of phosphoric acid groups is 1. The van der Waals surface area contributed by atoms with Crippen molar-refractivity contribution in [3.8, 4) is 0 Å². The number of aliphatic hydroxyl groups excluding tert-OH is 4. The molecule has 7 atom stereocenters. The molecule has 0 saturated heterocycles. The molecule has 0 aromatic heterocycles. The Balaban J connectivity index is 2.46. The average Bonchev–Trinajstić information content (AvgIpc) is 3.49. The van der Waals surface area contributed by atoms with Crippen LogP contribution in [0.4, 0.5) is 0 Å². The Morgan fingerprint density at radius 3 is 2.02 bits per heavy atom. The first-order chi connectivity index (χ1) is 28.9. The quantitative estimate of drug-likeness (QED) is 0.0171. The third-order valence-electron chi connectivity index (χ3n) is 10.3. The van der Waals surface area contributed by atoms with Gasteiger partial charge in [0, 0.05) is 31.1 Å². The van der Waals surface area contributed by atoms with E-state index in [0.717, 1.165) is 77.0 Å². The number of hydrogen-bond acceptors (Lipinski definition) is 12. The molecule has 0 aliphatic heterocycles. The lowest BCUT2D eigenvalue weighted by Crippen LogP contribution is -2.29. The van der Waals surface area contributed by atoms with Crippen LogP contribution in [0.2, 0.25) is 0 Å². The molecule has 14 heteroatoms. The molecule has 0 aromatic rings. The lowest BCUT2D eigenvalue weighted by atomic mass is 9.90. The van der Waals surface area contributed by atoms with E-state index >= 15 is 0 Å². The fourth-order valence-electron chi connectivity index (χ4n) is 6.71. The van der Waals surface area contributed by atoms with Crippen LogP contribution in [0.3, 0.4) is 0 Å². The van der Waals surface area contributed by atoms with E-state index in [1.54, 1.807) is 12.2 Å². The van der Waals surface area contributed by atoms with Gasteiger partial charge in [0.1, 0.15) is 18.5 Å². The molecule has 0 amide bonds. The number of rotatable bonds is 38. The van der Waals surface area contributed by atoms with Gasteiger partial charge in [-0.25, -0.2) is 4.57 Å². The van der Waals surface area contributed by atoms with Crippen molar-refractivity contribution in [2.45, 2.75) is 186 Å². The summed E-state index contributed by atoms with van der Waals surface area (Å²) in [6.45, 7) is 1.93. The number of ether oxygens (including phenoxy) is 2. The lowest BCUT2D eigenvalue weighted by molar-refractivity contribution is -0.161. The molecule has 1 aliphatic carbocycles. The van der Waals surface area contributed by atoms with E-state index < -0.39 is 76.5 Å². The Morgan fingerprint density at radius 1 is 0.750 bits per heavy atom. The number of phosphoric ester groups is 1. The van der Waals surface area contributed by atoms with E-state index in [1.807, 2.05) is 12.2 Å². The second-order valence-corrected chi connectivity index (χ2v) is 17.3. The number of aliphatic hydroxyl groups is 4. The van der Waals surface area contributed by atoms with Crippen LogP contribution in [0.1, 0.15) is 162 Å². The van der Waals surface area contributed by atoms with Gasteiger partial charge in [-0.3, -0.25) is 23.4 Å². The van der Waals surface area contributed by atoms with Gasteiger partial charge in [-0.2, -0.15) is 0 Å². The summed E-state index contributed by atoms with van der Waals surface area (Å²) in [4.78, 5) is 47.7. The molecule has 13 nitrogen and oxygen atoms in total. The van der Waals surface area contributed by atoms with Gasteiger partial charge in [-0.15, -0.1) is 0 Å². The summed E-state index contributed by atoms with van der Waals surface area (Å²) in [6, 6.07) is 0. The fourth-order valence-corrected chi connectivity index (χ4v) is 7.50. The van der Waals surface area contributed by atoms with E-state index in [0.29, 0.717) is 32.1 Å². The van der Waals surface area contributed by atoms with Crippen LogP contribution >= 0.6 is 7.82 Å². The van der Waals surface area contributed by atoms with E-state index in [1.165, 1.54) is 19.3 Å². The number of hydrogen-bond donors (Lipinski definition) is 5. The molecule has 0 aromatic carbocycles. The predicted molar refractivity (Wildman–Crippen MR) is 234 cm³/mol. The van der Waals surface area contributed by atoms with Crippen molar-refractivity contribution in [2.75, 3.05) is 26.4 Å². The van der Waals surface area contributed by atoms with E-state index in [2.05, 4.69) is 42.7 Å². The number of unbranched alkanes of at least 4 members (excludes halogenated alkanes) is 13. The van der Waals surface area contributed by atoms with Gasteiger partial charge >= 0.3 is 19.8 Å². The van der Waals surface area contributed by atoms with Crippen molar-refractivity contribution in [3.05, 3.63) is 48.6 Å². The number of allylic oxidation sites excluding steroid dienone is 7. The fraction of sp³-hybridized carbons (Fsp3) is 0.761. The largest absolute Gasteiger partial charge is 0.472 e. The summed E-state index contributed by atoms with van der Waals surface area (Å²) in [5.41, 5.74) is 0. The molecule has 346 valence electrons. The van der Waals surface area contributed by atoms with Crippen molar-refractivity contribution < 1.29 is 62.8 Å². The molecule has 5 N–H and O–H groups in total. The van der Waals surface area contributed by atoms with Crippen molar-refractivity contribution in [1.29, 1.82) is 0 Å². The zero-order chi connectivity index (χ0) is 44.3. The summed E-state index contributed by atoms with van der Waals surface area (Å²) in [5, 5.41) is 39.1. The highest BCUT2D eigenvalue weighted by Crippen LogP contribution is 2.43. The van der Waals surface area contributed by atoms with Gasteiger partial charge in [0.05, 0.1) is 32.0 Å². The van der Waals surface area contributed by atoms with Gasteiger partial charge < -0.3 is 34.8 Å². The minimum atomic E-state index is -4.69. The molecule has 1 aliphatic rings. The van der Waals surface area contributed by atoms with Gasteiger partial charge in [-0.1, -0.05) is 127 Å². The Labute approximate surface area is 360 Å². The minimum absolute atomic E-state index is 0.0442. The van der Waals surface area contributed by atoms with Crippen molar-refractivity contribution in [2.24, 2.45) is 11.8 Å². The standard InChI is InChI=1S/C46H79O13P/c1-3-5-7-8-9-10-11-12-13-14-15-16-17-18-19-20-26-30-46(53)59-40(37-58-60(54,55)57-35-39(49)34-47)36-56-45(52)29-25-22-21-24-28-41-42(44(51)33-43(41)50)32-31-38(48)27-23-6-4-2/h9-10,12-13,21,24,31-32,38-43,47-50H,3-8,11,14-20,22-23,25-30,33-37H2,1-2H3,(H,54,55)/b10-9-,13-12-,24-21-,32-31+/t38-,39-,40+,41+,42+,43-/m0/s1. The molecule has 0 spiro atoms. The van der Waals surface area contributed by atoms with Crippen molar-refractivity contribution in [1.82, 2.24) is 0 Å².